The maximum Gasteiger partial charge on any atom is 0.124 e. The van der Waals surface area contributed by atoms with E-state index in [1.165, 1.54) is 5.56 Å². The van der Waals surface area contributed by atoms with E-state index in [1.54, 1.807) is 0 Å². The van der Waals surface area contributed by atoms with E-state index in [0.29, 0.717) is 12.6 Å². The Hall–Kier alpha value is -1.97. The Bertz CT molecular complexity index is 518. The van der Waals surface area contributed by atoms with Gasteiger partial charge in [0.15, 0.2) is 0 Å². The molecule has 0 saturated carbocycles. The number of anilines is 1. The molecule has 0 saturated heterocycles. The van der Waals surface area contributed by atoms with Crippen LogP contribution in [0.15, 0.2) is 36.5 Å². The summed E-state index contributed by atoms with van der Waals surface area (Å²) >= 11 is 0. The first kappa shape index (κ1) is 11.1. The fourth-order valence-corrected chi connectivity index (χ4v) is 2.42. The molecule has 1 N–H and O–H groups in total. The van der Waals surface area contributed by atoms with Crippen LogP contribution in [0.25, 0.3) is 0 Å². The van der Waals surface area contributed by atoms with Gasteiger partial charge in [0.2, 0.25) is 0 Å². The van der Waals surface area contributed by atoms with Gasteiger partial charge in [-0.3, -0.25) is 0 Å². The molecule has 2 aromatic rings. The standard InChI is InChI=1S/C14H17N3O/c1-2-18-12-5-3-11(4-6-12)13-7-9-15-14-8-10-16-17(13)14/h3-6,8,10,13,15H,2,7,9H2,1H3. The lowest BCUT2D eigenvalue weighted by atomic mass is 10.0. The van der Waals surface area contributed by atoms with E-state index in [4.69, 9.17) is 4.74 Å². The number of hydrogen-bond acceptors (Lipinski definition) is 3. The van der Waals surface area contributed by atoms with Gasteiger partial charge in [-0.1, -0.05) is 12.1 Å². The Balaban J connectivity index is 1.88. The van der Waals surface area contributed by atoms with Crippen LogP contribution in [-0.4, -0.2) is 22.9 Å². The molecule has 1 aromatic heterocycles. The summed E-state index contributed by atoms with van der Waals surface area (Å²) < 4.78 is 7.52. The highest BCUT2D eigenvalue weighted by Gasteiger charge is 2.21. The lowest BCUT2D eigenvalue weighted by Gasteiger charge is -2.26. The number of hydrogen-bond donors (Lipinski definition) is 1. The van der Waals surface area contributed by atoms with Crippen molar-refractivity contribution >= 4 is 5.82 Å². The number of ether oxygens (including phenoxy) is 1. The molecule has 94 valence electrons. The molecule has 1 atom stereocenters. The molecule has 1 aliphatic rings. The third kappa shape index (κ3) is 1.94. The quantitative estimate of drug-likeness (QED) is 0.900. The minimum Gasteiger partial charge on any atom is -0.494 e. The average Bonchev–Trinajstić information content (AvgIpc) is 2.88. The zero-order chi connectivity index (χ0) is 12.4. The van der Waals surface area contributed by atoms with Crippen molar-refractivity contribution in [1.82, 2.24) is 9.78 Å². The molecule has 0 aliphatic carbocycles. The number of nitrogens with one attached hydrogen (secondary N) is 1. The highest BCUT2D eigenvalue weighted by molar-refractivity contribution is 5.39. The lowest BCUT2D eigenvalue weighted by Crippen LogP contribution is -2.24. The second kappa shape index (κ2) is 4.72. The summed E-state index contributed by atoms with van der Waals surface area (Å²) in [6.07, 6.45) is 2.90. The minimum absolute atomic E-state index is 0.326. The lowest BCUT2D eigenvalue weighted by molar-refractivity contribution is 0.340. The van der Waals surface area contributed by atoms with Gasteiger partial charge in [0.05, 0.1) is 18.8 Å². The van der Waals surface area contributed by atoms with Crippen molar-refractivity contribution in [2.45, 2.75) is 19.4 Å². The topological polar surface area (TPSA) is 39.1 Å². The predicted molar refractivity (Wildman–Crippen MR) is 71.1 cm³/mol. The Morgan fingerprint density at radius 1 is 1.33 bits per heavy atom. The molecule has 0 radical (unpaired) electrons. The Morgan fingerprint density at radius 3 is 2.94 bits per heavy atom. The normalized spacial score (nSPS) is 17.9. The SMILES string of the molecule is CCOc1ccc(C2CCNc3ccnn32)cc1. The van der Waals surface area contributed by atoms with Crippen molar-refractivity contribution < 1.29 is 4.74 Å². The average molecular weight is 243 g/mol. The molecular weight excluding hydrogens is 226 g/mol. The van der Waals surface area contributed by atoms with Crippen molar-refractivity contribution in [2.24, 2.45) is 0 Å². The van der Waals surface area contributed by atoms with Gasteiger partial charge in [-0.05, 0) is 31.0 Å². The van der Waals surface area contributed by atoms with Crippen LogP contribution >= 0.6 is 0 Å². The van der Waals surface area contributed by atoms with Gasteiger partial charge in [-0.15, -0.1) is 0 Å². The van der Waals surface area contributed by atoms with Gasteiger partial charge in [-0.25, -0.2) is 4.68 Å². The third-order valence-corrected chi connectivity index (χ3v) is 3.27. The maximum atomic E-state index is 5.47. The van der Waals surface area contributed by atoms with E-state index in [1.807, 2.05) is 31.3 Å². The van der Waals surface area contributed by atoms with Gasteiger partial charge < -0.3 is 10.1 Å². The first-order valence-corrected chi connectivity index (χ1v) is 6.38. The molecule has 1 aromatic carbocycles. The maximum absolute atomic E-state index is 5.47. The fraction of sp³-hybridized carbons (Fsp3) is 0.357. The Labute approximate surface area is 107 Å². The van der Waals surface area contributed by atoms with Crippen molar-refractivity contribution in [3.8, 4) is 5.75 Å². The number of nitrogens with zero attached hydrogens (tertiary/aromatic N) is 2. The predicted octanol–water partition coefficient (Wildman–Crippen LogP) is 2.69. The summed E-state index contributed by atoms with van der Waals surface area (Å²) in [5.74, 6) is 2.02. The zero-order valence-corrected chi connectivity index (χ0v) is 10.5. The van der Waals surface area contributed by atoms with Gasteiger partial charge >= 0.3 is 0 Å². The summed E-state index contributed by atoms with van der Waals surface area (Å²) in [7, 11) is 0. The van der Waals surface area contributed by atoms with Crippen LogP contribution in [0.2, 0.25) is 0 Å². The van der Waals surface area contributed by atoms with Gasteiger partial charge in [-0.2, -0.15) is 5.10 Å². The van der Waals surface area contributed by atoms with Crippen LogP contribution in [0.4, 0.5) is 5.82 Å². The molecule has 0 spiro atoms. The monoisotopic (exact) mass is 243 g/mol. The molecule has 0 amide bonds. The van der Waals surface area contributed by atoms with E-state index in [9.17, 15) is 0 Å². The largest absolute Gasteiger partial charge is 0.494 e. The number of fused-ring (bicyclic) bond motifs is 1. The van der Waals surface area contributed by atoms with Crippen LogP contribution in [0.5, 0.6) is 5.75 Å². The van der Waals surface area contributed by atoms with Crippen molar-refractivity contribution in [3.63, 3.8) is 0 Å². The first-order valence-electron chi connectivity index (χ1n) is 6.38. The van der Waals surface area contributed by atoms with E-state index >= 15 is 0 Å². The molecule has 2 heterocycles. The van der Waals surface area contributed by atoms with E-state index in [-0.39, 0.29) is 0 Å². The molecule has 18 heavy (non-hydrogen) atoms. The van der Waals surface area contributed by atoms with Crippen LogP contribution in [-0.2, 0) is 0 Å². The van der Waals surface area contributed by atoms with Crippen LogP contribution in [0.1, 0.15) is 24.9 Å². The molecule has 0 fully saturated rings. The second-order valence-corrected chi connectivity index (χ2v) is 4.39. The fourth-order valence-electron chi connectivity index (χ4n) is 2.42. The molecule has 3 rings (SSSR count). The van der Waals surface area contributed by atoms with E-state index < -0.39 is 0 Å². The highest BCUT2D eigenvalue weighted by atomic mass is 16.5. The van der Waals surface area contributed by atoms with Crippen molar-refractivity contribution in [1.29, 1.82) is 0 Å². The zero-order valence-electron chi connectivity index (χ0n) is 10.5. The summed E-state index contributed by atoms with van der Waals surface area (Å²) in [5.41, 5.74) is 1.28. The molecular formula is C14H17N3O. The molecule has 4 heteroatoms. The third-order valence-electron chi connectivity index (χ3n) is 3.27. The van der Waals surface area contributed by atoms with Gasteiger partial charge in [0.25, 0.3) is 0 Å². The van der Waals surface area contributed by atoms with E-state index in [0.717, 1.165) is 24.5 Å². The summed E-state index contributed by atoms with van der Waals surface area (Å²) in [6.45, 7) is 3.69. The number of benzene rings is 1. The number of aromatic nitrogens is 2. The van der Waals surface area contributed by atoms with Crippen molar-refractivity contribution in [3.05, 3.63) is 42.1 Å². The van der Waals surface area contributed by atoms with Gasteiger partial charge in [0, 0.05) is 12.6 Å². The Morgan fingerprint density at radius 2 is 2.17 bits per heavy atom. The molecule has 4 nitrogen and oxygen atoms in total. The summed E-state index contributed by atoms with van der Waals surface area (Å²) in [5, 5.41) is 7.75. The first-order chi connectivity index (χ1) is 8.88. The number of rotatable bonds is 3. The van der Waals surface area contributed by atoms with Crippen LogP contribution in [0, 0.1) is 0 Å². The summed E-state index contributed by atoms with van der Waals surface area (Å²) in [4.78, 5) is 0. The molecule has 1 unspecified atom stereocenters. The molecule has 1 aliphatic heterocycles. The molecule has 0 bridgehead atoms. The second-order valence-electron chi connectivity index (χ2n) is 4.39. The van der Waals surface area contributed by atoms with Crippen molar-refractivity contribution in [2.75, 3.05) is 18.5 Å². The van der Waals surface area contributed by atoms with E-state index in [2.05, 4.69) is 27.2 Å². The van der Waals surface area contributed by atoms with Gasteiger partial charge in [0.1, 0.15) is 11.6 Å². The minimum atomic E-state index is 0.326. The van der Waals surface area contributed by atoms with Crippen LogP contribution in [0.3, 0.4) is 0 Å². The summed E-state index contributed by atoms with van der Waals surface area (Å²) in [6, 6.07) is 10.7. The van der Waals surface area contributed by atoms with Crippen LogP contribution < -0.4 is 10.1 Å². The Kier molecular flexibility index (Phi) is 2.92. The highest BCUT2D eigenvalue weighted by Crippen LogP contribution is 2.29. The smallest absolute Gasteiger partial charge is 0.124 e.